The van der Waals surface area contributed by atoms with Gasteiger partial charge in [0.1, 0.15) is 0 Å². The molecule has 0 bridgehead atoms. The summed E-state index contributed by atoms with van der Waals surface area (Å²) in [6.45, 7) is 4.00. The fraction of sp³-hybridized carbons (Fsp3) is 0.0465. The lowest BCUT2D eigenvalue weighted by Crippen LogP contribution is -1.99. The molecule has 3 aromatic heterocycles. The van der Waals surface area contributed by atoms with Gasteiger partial charge in [0.15, 0.2) is 0 Å². The highest BCUT2D eigenvalue weighted by molar-refractivity contribution is 6.11. The zero-order chi connectivity index (χ0) is 32.2. The monoisotopic (exact) mass is 608 g/mol. The molecule has 4 aromatic carbocycles. The van der Waals surface area contributed by atoms with E-state index in [1.165, 1.54) is 33.0 Å². The summed E-state index contributed by atoms with van der Waals surface area (Å²) >= 11 is 0. The van der Waals surface area contributed by atoms with Crippen LogP contribution in [0.4, 0.5) is 0 Å². The summed E-state index contributed by atoms with van der Waals surface area (Å²) in [7, 11) is 0. The smallest absolute Gasteiger partial charge is 0.0859 e. The normalized spacial score (nSPS) is 12.6. The molecule has 228 valence electrons. The van der Waals surface area contributed by atoms with E-state index in [-0.39, 0.29) is 0 Å². The number of para-hydroxylation sites is 1. The minimum Gasteiger partial charge on any atom is -0.397 e. The second kappa shape index (κ2) is 13.1. The van der Waals surface area contributed by atoms with Crippen LogP contribution in [0.15, 0.2) is 158 Å². The summed E-state index contributed by atoms with van der Waals surface area (Å²) in [5, 5.41) is 2.44. The Morgan fingerprint density at radius 1 is 0.723 bits per heavy atom. The van der Waals surface area contributed by atoms with Crippen LogP contribution in [0.5, 0.6) is 0 Å². The Morgan fingerprint density at radius 3 is 2.26 bits per heavy atom. The Labute approximate surface area is 275 Å². The van der Waals surface area contributed by atoms with Crippen LogP contribution < -0.4 is 5.73 Å². The molecule has 7 aromatic rings. The van der Waals surface area contributed by atoms with E-state index in [0.717, 1.165) is 39.3 Å². The van der Waals surface area contributed by atoms with Gasteiger partial charge in [0, 0.05) is 40.1 Å². The first-order valence-electron chi connectivity index (χ1n) is 15.9. The number of aromatic nitrogens is 3. The van der Waals surface area contributed by atoms with Crippen molar-refractivity contribution in [1.29, 1.82) is 0 Å². The summed E-state index contributed by atoms with van der Waals surface area (Å²) in [5.41, 5.74) is 18.9. The number of aromatic amines is 1. The molecule has 0 radical (unpaired) electrons. The van der Waals surface area contributed by atoms with Crippen molar-refractivity contribution in [2.45, 2.75) is 13.8 Å². The molecule has 0 unspecified atom stereocenters. The van der Waals surface area contributed by atoms with Crippen LogP contribution in [0.2, 0.25) is 0 Å². The van der Waals surface area contributed by atoms with Crippen LogP contribution in [0.25, 0.3) is 67.2 Å². The van der Waals surface area contributed by atoms with Gasteiger partial charge in [0.25, 0.3) is 0 Å². The van der Waals surface area contributed by atoms with Gasteiger partial charge in [-0.1, -0.05) is 91.0 Å². The van der Waals surface area contributed by atoms with Crippen molar-refractivity contribution in [3.63, 3.8) is 0 Å². The molecule has 7 rings (SSSR count). The molecule has 3 heterocycles. The lowest BCUT2D eigenvalue weighted by molar-refractivity contribution is 1.18. The molecule has 0 atom stereocenters. The number of hydrogen-bond acceptors (Lipinski definition) is 2. The van der Waals surface area contributed by atoms with Crippen molar-refractivity contribution < 1.29 is 0 Å². The first kappa shape index (κ1) is 29.6. The molecule has 3 N–H and O–H groups in total. The van der Waals surface area contributed by atoms with Crippen LogP contribution in [0.1, 0.15) is 30.7 Å². The Kier molecular flexibility index (Phi) is 8.23. The van der Waals surface area contributed by atoms with Crippen LogP contribution in [0.3, 0.4) is 0 Å². The number of nitrogens with one attached hydrogen (secondary N) is 1. The van der Waals surface area contributed by atoms with Gasteiger partial charge in [-0.3, -0.25) is 4.98 Å². The van der Waals surface area contributed by atoms with Crippen molar-refractivity contribution in [2.75, 3.05) is 0 Å². The summed E-state index contributed by atoms with van der Waals surface area (Å²) in [6.07, 6.45) is 16.0. The quantitative estimate of drug-likeness (QED) is 0.169. The summed E-state index contributed by atoms with van der Waals surface area (Å²) in [4.78, 5) is 7.99. The van der Waals surface area contributed by atoms with Gasteiger partial charge in [-0.25, -0.2) is 0 Å². The number of rotatable bonds is 8. The van der Waals surface area contributed by atoms with Gasteiger partial charge in [0.2, 0.25) is 0 Å². The highest BCUT2D eigenvalue weighted by Crippen LogP contribution is 2.36. The molecule has 47 heavy (non-hydrogen) atoms. The SMILES string of the molecule is C/C=C\C=C(/N)c1ccc(C(/C=C\C)=C/c2ccc3c4ccc(-c5cccc(-c6ccc[nH]6)c5)cc4n(-c4ccccc4)c3c2)cn1. The number of pyridine rings is 1. The van der Waals surface area contributed by atoms with Crippen molar-refractivity contribution in [2.24, 2.45) is 5.73 Å². The van der Waals surface area contributed by atoms with Gasteiger partial charge in [-0.15, -0.1) is 0 Å². The maximum atomic E-state index is 6.22. The average molecular weight is 609 g/mol. The fourth-order valence-electron chi connectivity index (χ4n) is 6.14. The Morgan fingerprint density at radius 2 is 1.51 bits per heavy atom. The standard InChI is InChI=1S/C43H36N4/c1-3-5-16-39(44)41-23-20-35(29-46-41)31(11-4-2)25-30-18-21-37-38-22-19-33(32-12-9-13-34(27-32)40-17-10-24-45-40)28-43(38)47(42(37)26-30)36-14-7-6-8-15-36/h3-29,45H,44H2,1-2H3/b5-3-,11-4-,31-25+,39-16-. The van der Waals surface area contributed by atoms with Gasteiger partial charge in [-0.05, 0) is 102 Å². The zero-order valence-electron chi connectivity index (χ0n) is 26.6. The number of nitrogens with two attached hydrogens (primary N) is 1. The number of benzene rings is 4. The number of allylic oxidation sites excluding steroid dienone is 6. The maximum Gasteiger partial charge on any atom is 0.0859 e. The van der Waals surface area contributed by atoms with E-state index in [2.05, 4.69) is 136 Å². The van der Waals surface area contributed by atoms with Crippen LogP contribution in [-0.4, -0.2) is 14.5 Å². The molecule has 0 aliphatic rings. The maximum absolute atomic E-state index is 6.22. The van der Waals surface area contributed by atoms with Gasteiger partial charge in [-0.2, -0.15) is 0 Å². The van der Waals surface area contributed by atoms with E-state index in [1.54, 1.807) is 0 Å². The third kappa shape index (κ3) is 5.97. The second-order valence-electron chi connectivity index (χ2n) is 11.5. The Hall–Kier alpha value is -6.13. The number of nitrogens with zero attached hydrogens (tertiary/aromatic N) is 2. The third-order valence-electron chi connectivity index (χ3n) is 8.44. The van der Waals surface area contributed by atoms with E-state index < -0.39 is 0 Å². The molecular formula is C43H36N4. The van der Waals surface area contributed by atoms with Crippen molar-refractivity contribution in [1.82, 2.24) is 14.5 Å². The van der Waals surface area contributed by atoms with E-state index in [4.69, 9.17) is 5.73 Å². The van der Waals surface area contributed by atoms with Crippen molar-refractivity contribution in [3.05, 3.63) is 175 Å². The van der Waals surface area contributed by atoms with E-state index >= 15 is 0 Å². The molecule has 0 spiro atoms. The van der Waals surface area contributed by atoms with E-state index in [0.29, 0.717) is 5.70 Å². The minimum atomic E-state index is 0.641. The molecule has 4 heteroatoms. The predicted octanol–water partition coefficient (Wildman–Crippen LogP) is 10.8. The lowest BCUT2D eigenvalue weighted by Gasteiger charge is -2.10. The van der Waals surface area contributed by atoms with Crippen molar-refractivity contribution >= 4 is 39.2 Å². The molecular weight excluding hydrogens is 573 g/mol. The first-order valence-corrected chi connectivity index (χ1v) is 15.9. The fourth-order valence-corrected chi connectivity index (χ4v) is 6.14. The molecule has 0 aliphatic heterocycles. The summed E-state index contributed by atoms with van der Waals surface area (Å²) in [5.74, 6) is 0. The third-order valence-corrected chi connectivity index (χ3v) is 8.44. The predicted molar refractivity (Wildman–Crippen MR) is 200 cm³/mol. The Balaban J connectivity index is 1.35. The van der Waals surface area contributed by atoms with E-state index in [1.807, 2.05) is 56.6 Å². The van der Waals surface area contributed by atoms with Crippen LogP contribution >= 0.6 is 0 Å². The molecule has 4 nitrogen and oxygen atoms in total. The topological polar surface area (TPSA) is 59.6 Å². The average Bonchev–Trinajstić information content (AvgIpc) is 3.77. The number of fused-ring (bicyclic) bond motifs is 3. The van der Waals surface area contributed by atoms with Gasteiger partial charge >= 0.3 is 0 Å². The molecule has 0 aliphatic carbocycles. The minimum absolute atomic E-state index is 0.641. The largest absolute Gasteiger partial charge is 0.397 e. The second-order valence-corrected chi connectivity index (χ2v) is 11.5. The highest BCUT2D eigenvalue weighted by Gasteiger charge is 2.15. The van der Waals surface area contributed by atoms with E-state index in [9.17, 15) is 0 Å². The van der Waals surface area contributed by atoms with Crippen LogP contribution in [-0.2, 0) is 0 Å². The molecule has 0 saturated carbocycles. The summed E-state index contributed by atoms with van der Waals surface area (Å²) < 4.78 is 2.38. The van der Waals surface area contributed by atoms with Gasteiger partial charge in [0.05, 0.1) is 22.4 Å². The van der Waals surface area contributed by atoms with Crippen LogP contribution in [0, 0.1) is 0 Å². The molecule has 0 amide bonds. The van der Waals surface area contributed by atoms with Crippen molar-refractivity contribution in [3.8, 4) is 28.1 Å². The lowest BCUT2D eigenvalue weighted by atomic mass is 10.00. The first-order chi connectivity index (χ1) is 23.1. The summed E-state index contributed by atoms with van der Waals surface area (Å²) in [6, 6.07) is 41.1. The molecule has 0 saturated heterocycles. The number of hydrogen-bond donors (Lipinski definition) is 2. The number of H-pyrrole nitrogens is 1. The zero-order valence-corrected chi connectivity index (χ0v) is 26.6. The highest BCUT2D eigenvalue weighted by atomic mass is 15.0. The molecule has 0 fully saturated rings. The Bertz CT molecular complexity index is 2300. The van der Waals surface area contributed by atoms with Gasteiger partial charge < -0.3 is 15.3 Å².